The van der Waals surface area contributed by atoms with Crippen LogP contribution in [-0.4, -0.2) is 16.2 Å². The van der Waals surface area contributed by atoms with Gasteiger partial charge in [0.25, 0.3) is 0 Å². The summed E-state index contributed by atoms with van der Waals surface area (Å²) in [6.45, 7) is 1.03. The Morgan fingerprint density at radius 3 is 2.75 bits per heavy atom. The van der Waals surface area contributed by atoms with Crippen LogP contribution in [0, 0.1) is 22.7 Å². The molecule has 0 spiro atoms. The van der Waals surface area contributed by atoms with Crippen LogP contribution in [0.1, 0.15) is 17.8 Å². The monoisotopic (exact) mass is 267 g/mol. The van der Waals surface area contributed by atoms with Gasteiger partial charge in [0, 0.05) is 6.54 Å². The van der Waals surface area contributed by atoms with Crippen LogP contribution in [0.4, 0.5) is 5.69 Å². The Kier molecular flexibility index (Phi) is 4.21. The third kappa shape index (κ3) is 2.88. The maximum absolute atomic E-state index is 8.98. The lowest BCUT2D eigenvalue weighted by Crippen LogP contribution is -2.06. The Morgan fingerprint density at radius 1 is 1.25 bits per heavy atom. The number of hydrogen-bond acceptors (Lipinski definition) is 5. The van der Waals surface area contributed by atoms with Crippen LogP contribution in [0.3, 0.4) is 0 Å². The number of nitrogens with zero attached hydrogens (tertiary/aromatic N) is 4. The first-order valence-corrected chi connectivity index (χ1v) is 6.09. The zero-order chi connectivity index (χ0) is 14.4. The lowest BCUT2D eigenvalue weighted by molar-refractivity contribution is 0.303. The van der Waals surface area contributed by atoms with Gasteiger partial charge in [-0.15, -0.1) is 0 Å². The summed E-state index contributed by atoms with van der Waals surface area (Å²) in [5.41, 5.74) is 6.80. The topological polar surface area (TPSA) is 101 Å². The van der Waals surface area contributed by atoms with Crippen LogP contribution >= 0.6 is 0 Å². The summed E-state index contributed by atoms with van der Waals surface area (Å²) in [4.78, 5) is 3.88. The molecule has 6 nitrogen and oxygen atoms in total. The van der Waals surface area contributed by atoms with Gasteiger partial charge in [-0.2, -0.15) is 10.5 Å². The van der Waals surface area contributed by atoms with E-state index in [1.165, 1.54) is 6.33 Å². The first kappa shape index (κ1) is 13.4. The second-order valence-corrected chi connectivity index (χ2v) is 4.10. The summed E-state index contributed by atoms with van der Waals surface area (Å²) in [6, 6.07) is 11.2. The average molecular weight is 267 g/mol. The van der Waals surface area contributed by atoms with Crippen molar-refractivity contribution >= 4 is 5.69 Å². The fourth-order valence-electron chi connectivity index (χ4n) is 1.78. The number of hydrogen-bond donors (Lipinski definition) is 1. The third-order valence-corrected chi connectivity index (χ3v) is 2.77. The molecule has 20 heavy (non-hydrogen) atoms. The number of rotatable bonds is 5. The molecule has 2 aromatic rings. The van der Waals surface area contributed by atoms with Gasteiger partial charge in [-0.05, 0) is 18.6 Å². The number of aromatic nitrogens is 2. The average Bonchev–Trinajstić information content (AvgIpc) is 2.87. The molecule has 0 bridgehead atoms. The predicted molar refractivity (Wildman–Crippen MR) is 72.6 cm³/mol. The fraction of sp³-hybridized carbons (Fsp3) is 0.214. The maximum Gasteiger partial charge on any atom is 0.176 e. The molecule has 0 aliphatic rings. The molecular weight excluding hydrogens is 254 g/mol. The van der Waals surface area contributed by atoms with Gasteiger partial charge in [-0.1, -0.05) is 12.1 Å². The first-order chi connectivity index (χ1) is 9.76. The largest absolute Gasteiger partial charge is 0.491 e. The second kappa shape index (κ2) is 6.26. The summed E-state index contributed by atoms with van der Waals surface area (Å²) in [5, 5.41) is 17.8. The Labute approximate surface area is 116 Å². The number of nitrogens with two attached hydrogens (primary N) is 1. The molecule has 2 N–H and O–H groups in total. The molecule has 0 aliphatic carbocycles. The number of aryl methyl sites for hydroxylation is 1. The van der Waals surface area contributed by atoms with Crippen LogP contribution in [0.15, 0.2) is 30.6 Å². The molecule has 0 amide bonds. The maximum atomic E-state index is 8.98. The summed E-state index contributed by atoms with van der Waals surface area (Å²) < 4.78 is 7.21. The van der Waals surface area contributed by atoms with Crippen LogP contribution in [0.5, 0.6) is 5.75 Å². The van der Waals surface area contributed by atoms with E-state index >= 15 is 0 Å². The number of nitriles is 2. The smallest absolute Gasteiger partial charge is 0.176 e. The van der Waals surface area contributed by atoms with E-state index in [0.717, 1.165) is 0 Å². The van der Waals surface area contributed by atoms with Crippen molar-refractivity contribution in [2.75, 3.05) is 12.3 Å². The molecule has 2 rings (SSSR count). The Balaban J connectivity index is 1.89. The van der Waals surface area contributed by atoms with E-state index in [-0.39, 0.29) is 11.4 Å². The van der Waals surface area contributed by atoms with E-state index in [1.54, 1.807) is 16.7 Å². The van der Waals surface area contributed by atoms with Crippen molar-refractivity contribution in [3.05, 3.63) is 42.0 Å². The van der Waals surface area contributed by atoms with Crippen molar-refractivity contribution in [1.82, 2.24) is 9.55 Å². The van der Waals surface area contributed by atoms with E-state index < -0.39 is 0 Å². The third-order valence-electron chi connectivity index (χ3n) is 2.77. The molecular formula is C14H13N5O. The Hall–Kier alpha value is -2.99. The molecule has 100 valence electrons. The highest BCUT2D eigenvalue weighted by atomic mass is 16.5. The van der Waals surface area contributed by atoms with Crippen LogP contribution < -0.4 is 10.5 Å². The number of anilines is 1. The van der Waals surface area contributed by atoms with Crippen molar-refractivity contribution in [3.63, 3.8) is 0 Å². The lowest BCUT2D eigenvalue weighted by Gasteiger charge is -2.09. The van der Waals surface area contributed by atoms with Crippen molar-refractivity contribution in [2.24, 2.45) is 0 Å². The van der Waals surface area contributed by atoms with Gasteiger partial charge in [-0.25, -0.2) is 4.98 Å². The highest BCUT2D eigenvalue weighted by molar-refractivity contribution is 5.51. The van der Waals surface area contributed by atoms with Crippen molar-refractivity contribution < 1.29 is 4.74 Å². The minimum absolute atomic E-state index is 0.153. The molecule has 1 aromatic carbocycles. The van der Waals surface area contributed by atoms with Gasteiger partial charge in [0.05, 0.1) is 18.6 Å². The zero-order valence-electron chi connectivity index (χ0n) is 10.8. The van der Waals surface area contributed by atoms with Crippen LogP contribution in [-0.2, 0) is 6.54 Å². The van der Waals surface area contributed by atoms with Gasteiger partial charge in [0.15, 0.2) is 11.4 Å². The van der Waals surface area contributed by atoms with E-state index in [0.29, 0.717) is 31.0 Å². The zero-order valence-corrected chi connectivity index (χ0v) is 10.8. The van der Waals surface area contributed by atoms with Gasteiger partial charge < -0.3 is 15.0 Å². The minimum atomic E-state index is 0.153. The van der Waals surface area contributed by atoms with E-state index in [4.69, 9.17) is 21.0 Å². The number of ether oxygens (including phenoxy) is 1. The molecule has 1 heterocycles. The van der Waals surface area contributed by atoms with Gasteiger partial charge in [0.2, 0.25) is 0 Å². The van der Waals surface area contributed by atoms with Crippen LogP contribution in [0.25, 0.3) is 0 Å². The van der Waals surface area contributed by atoms with Crippen LogP contribution in [0.2, 0.25) is 0 Å². The molecule has 0 radical (unpaired) electrons. The normalized spacial score (nSPS) is 9.70. The van der Waals surface area contributed by atoms with E-state index in [2.05, 4.69) is 4.98 Å². The SMILES string of the molecule is N#Cc1ncn(CCCOc2ccccc2N)c1C#N. The number of imidazole rings is 1. The van der Waals surface area contributed by atoms with Crippen molar-refractivity contribution in [2.45, 2.75) is 13.0 Å². The highest BCUT2D eigenvalue weighted by Crippen LogP contribution is 2.19. The Morgan fingerprint density at radius 2 is 2.05 bits per heavy atom. The first-order valence-electron chi connectivity index (χ1n) is 6.09. The van der Waals surface area contributed by atoms with Crippen molar-refractivity contribution in [3.8, 4) is 17.9 Å². The number of nitrogen functional groups attached to an aromatic ring is 1. The molecule has 0 saturated carbocycles. The number of benzene rings is 1. The van der Waals surface area contributed by atoms with E-state index in [1.807, 2.05) is 24.3 Å². The molecule has 0 atom stereocenters. The summed E-state index contributed by atoms with van der Waals surface area (Å²) in [6.07, 6.45) is 2.18. The second-order valence-electron chi connectivity index (χ2n) is 4.10. The predicted octanol–water partition coefficient (Wildman–Crippen LogP) is 1.68. The van der Waals surface area contributed by atoms with Gasteiger partial charge >= 0.3 is 0 Å². The summed E-state index contributed by atoms with van der Waals surface area (Å²) in [7, 11) is 0. The molecule has 0 fully saturated rings. The molecule has 0 unspecified atom stereocenters. The highest BCUT2D eigenvalue weighted by Gasteiger charge is 2.09. The molecule has 6 heteroatoms. The van der Waals surface area contributed by atoms with Gasteiger partial charge in [0.1, 0.15) is 17.9 Å². The molecule has 0 saturated heterocycles. The fourth-order valence-corrected chi connectivity index (χ4v) is 1.78. The lowest BCUT2D eigenvalue weighted by atomic mass is 10.3. The minimum Gasteiger partial charge on any atom is -0.491 e. The summed E-state index contributed by atoms with van der Waals surface area (Å²) >= 11 is 0. The summed E-state index contributed by atoms with van der Waals surface area (Å²) in [5.74, 6) is 0.649. The van der Waals surface area contributed by atoms with E-state index in [9.17, 15) is 0 Å². The van der Waals surface area contributed by atoms with Gasteiger partial charge in [-0.3, -0.25) is 0 Å². The molecule has 1 aromatic heterocycles. The quantitative estimate of drug-likeness (QED) is 0.656. The Bertz CT molecular complexity index is 678. The standard InChI is InChI=1S/C14H13N5O/c15-8-12-13(9-16)19(10-18-12)6-3-7-20-14-5-2-1-4-11(14)17/h1-2,4-5,10H,3,6-7,17H2. The molecule has 0 aliphatic heterocycles. The van der Waals surface area contributed by atoms with Crippen molar-refractivity contribution in [1.29, 1.82) is 10.5 Å². The number of para-hydroxylation sites is 2.